The molecule has 1 aliphatic heterocycles. The van der Waals surface area contributed by atoms with Gasteiger partial charge in [-0.15, -0.1) is 0 Å². The van der Waals surface area contributed by atoms with Gasteiger partial charge in [0.15, 0.2) is 6.61 Å². The van der Waals surface area contributed by atoms with Crippen molar-refractivity contribution in [2.45, 2.75) is 64.0 Å². The van der Waals surface area contributed by atoms with Crippen molar-refractivity contribution in [2.24, 2.45) is 5.41 Å². The maximum Gasteiger partial charge on any atom is 0.422 e. The third-order valence-corrected chi connectivity index (χ3v) is 5.45. The summed E-state index contributed by atoms with van der Waals surface area (Å²) in [5.41, 5.74) is 0.0817. The summed E-state index contributed by atoms with van der Waals surface area (Å²) >= 11 is 0. The van der Waals surface area contributed by atoms with Gasteiger partial charge in [0.25, 0.3) is 0 Å². The second-order valence-electron chi connectivity index (χ2n) is 7.92. The number of halogens is 3. The van der Waals surface area contributed by atoms with Crippen molar-refractivity contribution in [1.82, 2.24) is 0 Å². The molecule has 3 atom stereocenters. The maximum absolute atomic E-state index is 13.2. The normalized spacial score (nSPS) is 28.4. The molecule has 1 aromatic carbocycles. The Labute approximate surface area is 162 Å². The Morgan fingerprint density at radius 2 is 1.93 bits per heavy atom. The van der Waals surface area contributed by atoms with Gasteiger partial charge in [0.05, 0.1) is 23.7 Å². The van der Waals surface area contributed by atoms with Gasteiger partial charge in [0, 0.05) is 12.2 Å². The van der Waals surface area contributed by atoms with E-state index in [1.165, 1.54) is 12.1 Å². The van der Waals surface area contributed by atoms with Crippen LogP contribution in [0.2, 0.25) is 0 Å². The van der Waals surface area contributed by atoms with E-state index in [1.54, 1.807) is 17.0 Å². The van der Waals surface area contributed by atoms with E-state index in [0.29, 0.717) is 37.9 Å². The molecule has 1 amide bonds. The summed E-state index contributed by atoms with van der Waals surface area (Å²) in [5.74, 6) is 0.0920. The zero-order valence-corrected chi connectivity index (χ0v) is 16.0. The van der Waals surface area contributed by atoms with Gasteiger partial charge in [-0.1, -0.05) is 0 Å². The molecule has 28 heavy (non-hydrogen) atoms. The van der Waals surface area contributed by atoms with Gasteiger partial charge in [-0.05, 0) is 63.8 Å². The molecule has 156 valence electrons. The monoisotopic (exact) mass is 401 g/mol. The Bertz CT molecular complexity index is 692. The van der Waals surface area contributed by atoms with E-state index in [0.717, 1.165) is 0 Å². The highest BCUT2D eigenvalue weighted by Gasteiger charge is 2.51. The molecule has 0 radical (unpaired) electrons. The number of amides is 1. The molecule has 3 rings (SSSR count). The van der Waals surface area contributed by atoms with Crippen molar-refractivity contribution in [3.63, 3.8) is 0 Å². The molecule has 1 aliphatic carbocycles. The quantitative estimate of drug-likeness (QED) is 0.818. The number of hydrogen-bond donors (Lipinski definition) is 1. The van der Waals surface area contributed by atoms with Crippen LogP contribution >= 0.6 is 0 Å². The van der Waals surface area contributed by atoms with Crippen LogP contribution in [0.1, 0.15) is 39.5 Å². The lowest BCUT2D eigenvalue weighted by Gasteiger charge is -2.39. The van der Waals surface area contributed by atoms with E-state index in [1.807, 2.05) is 13.8 Å². The first-order valence-electron chi connectivity index (χ1n) is 9.55. The number of aliphatic hydroxyl groups excluding tert-OH is 1. The highest BCUT2D eigenvalue weighted by atomic mass is 19.4. The largest absolute Gasteiger partial charge is 0.484 e. The maximum atomic E-state index is 13.2. The molecule has 1 spiro atoms. The van der Waals surface area contributed by atoms with Gasteiger partial charge < -0.3 is 19.5 Å². The average Bonchev–Trinajstić information content (AvgIpc) is 2.92. The van der Waals surface area contributed by atoms with Crippen molar-refractivity contribution in [1.29, 1.82) is 0 Å². The summed E-state index contributed by atoms with van der Waals surface area (Å²) in [6, 6.07) is 6.08. The van der Waals surface area contributed by atoms with Gasteiger partial charge in [0.2, 0.25) is 5.91 Å². The number of benzene rings is 1. The molecule has 1 saturated heterocycles. The van der Waals surface area contributed by atoms with E-state index in [-0.39, 0.29) is 23.9 Å². The zero-order chi connectivity index (χ0) is 20.5. The number of nitrogens with zero attached hydrogens (tertiary/aromatic N) is 1. The Morgan fingerprint density at radius 1 is 1.25 bits per heavy atom. The highest BCUT2D eigenvalue weighted by molar-refractivity contribution is 6.00. The third-order valence-electron chi connectivity index (χ3n) is 5.45. The number of anilines is 1. The van der Waals surface area contributed by atoms with Crippen molar-refractivity contribution in [2.75, 3.05) is 18.1 Å². The summed E-state index contributed by atoms with van der Waals surface area (Å²) < 4.78 is 47.3. The number of aliphatic hydroxyl groups is 1. The lowest BCUT2D eigenvalue weighted by molar-refractivity contribution is -0.153. The van der Waals surface area contributed by atoms with E-state index >= 15 is 0 Å². The fourth-order valence-electron chi connectivity index (χ4n) is 4.10. The average molecular weight is 401 g/mol. The van der Waals surface area contributed by atoms with E-state index in [2.05, 4.69) is 0 Å². The molecule has 2 aliphatic rings. The molecule has 1 saturated carbocycles. The number of carbonyl (C=O) groups is 1. The minimum Gasteiger partial charge on any atom is -0.484 e. The predicted octanol–water partition coefficient (Wildman–Crippen LogP) is 3.69. The molecule has 5 nitrogen and oxygen atoms in total. The molecule has 1 aromatic rings. The fraction of sp³-hybridized carbons (Fsp3) is 0.650. The summed E-state index contributed by atoms with van der Waals surface area (Å²) in [4.78, 5) is 14.8. The molecule has 8 heteroatoms. The zero-order valence-electron chi connectivity index (χ0n) is 16.0. The van der Waals surface area contributed by atoms with Crippen LogP contribution in [0, 0.1) is 5.41 Å². The minimum absolute atomic E-state index is 0.0132. The van der Waals surface area contributed by atoms with Crippen molar-refractivity contribution in [3.05, 3.63) is 24.3 Å². The summed E-state index contributed by atoms with van der Waals surface area (Å²) in [6.45, 7) is 2.99. The second-order valence-corrected chi connectivity index (χ2v) is 7.92. The third kappa shape index (κ3) is 4.60. The van der Waals surface area contributed by atoms with Gasteiger partial charge in [-0.2, -0.15) is 13.2 Å². The molecule has 1 heterocycles. The standard InChI is InChI=1S/C20H26F3NO4/c1-13(2)28-17-11-19(8-7-16(17)25)9-10-24(18(19)26)14-3-5-15(6-4-14)27-12-20(21,22)23/h3-6,13,16-17,25H,7-12H2,1-2H3/t16-,17-,19-/m1/s1. The van der Waals surface area contributed by atoms with Crippen LogP contribution in [0.3, 0.4) is 0 Å². The van der Waals surface area contributed by atoms with E-state index in [4.69, 9.17) is 9.47 Å². The predicted molar refractivity (Wildman–Crippen MR) is 97.3 cm³/mol. The van der Waals surface area contributed by atoms with Gasteiger partial charge in [-0.3, -0.25) is 4.79 Å². The smallest absolute Gasteiger partial charge is 0.422 e. The molecular weight excluding hydrogens is 375 g/mol. The van der Waals surface area contributed by atoms with Crippen LogP contribution in [0.5, 0.6) is 5.75 Å². The Morgan fingerprint density at radius 3 is 2.54 bits per heavy atom. The number of rotatable bonds is 5. The first kappa shape index (κ1) is 20.9. The van der Waals surface area contributed by atoms with Crippen LogP contribution in [-0.4, -0.2) is 48.7 Å². The van der Waals surface area contributed by atoms with E-state index < -0.39 is 24.3 Å². The second kappa shape index (κ2) is 7.91. The summed E-state index contributed by atoms with van der Waals surface area (Å²) in [5, 5.41) is 10.2. The first-order chi connectivity index (χ1) is 13.1. The molecule has 2 fully saturated rings. The van der Waals surface area contributed by atoms with Crippen LogP contribution < -0.4 is 9.64 Å². The Hall–Kier alpha value is -1.80. The van der Waals surface area contributed by atoms with Crippen molar-refractivity contribution < 1.29 is 32.5 Å². The minimum atomic E-state index is -4.39. The summed E-state index contributed by atoms with van der Waals surface area (Å²) in [7, 11) is 0. The molecular formula is C20H26F3NO4. The summed E-state index contributed by atoms with van der Waals surface area (Å²) in [6.07, 6.45) is -3.09. The Balaban J connectivity index is 1.68. The lowest BCUT2D eigenvalue weighted by atomic mass is 9.70. The van der Waals surface area contributed by atoms with E-state index in [9.17, 15) is 23.1 Å². The van der Waals surface area contributed by atoms with Gasteiger partial charge in [-0.25, -0.2) is 0 Å². The van der Waals surface area contributed by atoms with Crippen LogP contribution in [0.25, 0.3) is 0 Å². The topological polar surface area (TPSA) is 59.0 Å². The Kier molecular flexibility index (Phi) is 5.91. The van der Waals surface area contributed by atoms with Crippen molar-refractivity contribution in [3.8, 4) is 5.75 Å². The SMILES string of the molecule is CC(C)O[C@@H]1C[C@@]2(CC[C@H]1O)CCN(c1ccc(OCC(F)(F)F)cc1)C2=O. The molecule has 0 aromatic heterocycles. The number of alkyl halides is 3. The van der Waals surface area contributed by atoms with Crippen molar-refractivity contribution >= 4 is 11.6 Å². The first-order valence-corrected chi connectivity index (χ1v) is 9.55. The molecule has 0 unspecified atom stereocenters. The fourth-order valence-corrected chi connectivity index (χ4v) is 4.10. The van der Waals surface area contributed by atoms with Crippen LogP contribution in [-0.2, 0) is 9.53 Å². The van der Waals surface area contributed by atoms with Gasteiger partial charge in [0.1, 0.15) is 5.75 Å². The number of carbonyl (C=O) groups excluding carboxylic acids is 1. The molecule has 0 bridgehead atoms. The highest BCUT2D eigenvalue weighted by Crippen LogP contribution is 2.47. The van der Waals surface area contributed by atoms with Crippen LogP contribution in [0.4, 0.5) is 18.9 Å². The van der Waals surface area contributed by atoms with Gasteiger partial charge >= 0.3 is 6.18 Å². The number of hydrogen-bond acceptors (Lipinski definition) is 4. The molecule has 1 N–H and O–H groups in total. The van der Waals surface area contributed by atoms with Crippen LogP contribution in [0.15, 0.2) is 24.3 Å². The lowest BCUT2D eigenvalue weighted by Crippen LogP contribution is -2.46. The number of ether oxygens (including phenoxy) is 2.